The number of halogens is 1. The number of aryl methyl sites for hydroxylation is 1. The monoisotopic (exact) mass is 1310 g/mol. The molecule has 6 rings (SSSR count). The van der Waals surface area contributed by atoms with Gasteiger partial charge in [0.05, 0.1) is 124 Å². The number of carbonyl (C=O) groups excluding carboxylic acids is 6. The van der Waals surface area contributed by atoms with Crippen LogP contribution in [0, 0.1) is 5.92 Å². The zero-order chi connectivity index (χ0) is 67.0. The number of nitrogens with zero attached hydrogens (tertiary/aromatic N) is 4. The van der Waals surface area contributed by atoms with Crippen LogP contribution in [0.25, 0.3) is 10.9 Å². The minimum absolute atomic E-state index is 0.0474. The van der Waals surface area contributed by atoms with Crippen molar-refractivity contribution in [3.05, 3.63) is 82.5 Å². The highest BCUT2D eigenvalue weighted by molar-refractivity contribution is 6.35. The number of anilines is 1. The van der Waals surface area contributed by atoms with Crippen molar-refractivity contribution in [2.75, 3.05) is 140 Å². The van der Waals surface area contributed by atoms with Gasteiger partial charge < -0.3 is 87.3 Å². The molecule has 5 amide bonds. The summed E-state index contributed by atoms with van der Waals surface area (Å²) in [6, 6.07) is 11.4. The number of para-hydroxylation sites is 1. The first kappa shape index (κ1) is 74.7. The van der Waals surface area contributed by atoms with Crippen LogP contribution >= 0.6 is 11.6 Å². The van der Waals surface area contributed by atoms with Crippen LogP contribution in [0.5, 0.6) is 5.75 Å². The number of nitrogens with one attached hydrogen (secondary N) is 4. The van der Waals surface area contributed by atoms with E-state index in [4.69, 9.17) is 63.7 Å². The SMILES string of the molecule is CNN(C)Cc1cc2ccccc2n1CCC(=O)NC(CO)C(=O)NCCOCCOCCOCCOCCOCCOCCC(=O)N(C)C(C)C(=O)OC1CC(=O)N(C)c2cc(cc(OC)c2Cl)CC(C)=CC=CC(OC)C2(O)CC(OC(=O)N2)C(C)C2OC12C. The van der Waals surface area contributed by atoms with E-state index in [9.17, 15) is 39.0 Å². The maximum atomic E-state index is 14.4. The van der Waals surface area contributed by atoms with Gasteiger partial charge in [0.2, 0.25) is 23.6 Å². The van der Waals surface area contributed by atoms with Crippen molar-refractivity contribution < 1.29 is 91.1 Å². The van der Waals surface area contributed by atoms with Crippen molar-refractivity contribution in [3.63, 3.8) is 0 Å². The van der Waals surface area contributed by atoms with Crippen LogP contribution in [0.4, 0.5) is 10.5 Å². The molecule has 3 aliphatic heterocycles. The molecule has 3 aromatic rings. The molecule has 9 atom stereocenters. The van der Waals surface area contributed by atoms with E-state index >= 15 is 0 Å². The average Bonchev–Trinajstić information content (AvgIpc) is 1.56. The summed E-state index contributed by atoms with van der Waals surface area (Å²) < 4.78 is 65.0. The molecular formula is C64H95ClN8O19. The van der Waals surface area contributed by atoms with Crippen molar-refractivity contribution >= 4 is 63.9 Å². The number of benzene rings is 2. The highest BCUT2D eigenvalue weighted by atomic mass is 35.5. The van der Waals surface area contributed by atoms with Gasteiger partial charge in [-0.25, -0.2) is 14.6 Å². The highest BCUT2D eigenvalue weighted by Gasteiger charge is 2.64. The summed E-state index contributed by atoms with van der Waals surface area (Å²) in [5.41, 5.74) is 4.01. The number of hydrazine groups is 1. The van der Waals surface area contributed by atoms with Gasteiger partial charge in [-0.05, 0) is 69.5 Å². The lowest BCUT2D eigenvalue weighted by Crippen LogP contribution is -2.63. The number of amides is 5. The summed E-state index contributed by atoms with van der Waals surface area (Å²) in [5.74, 6) is -2.77. The number of alkyl carbamates (subject to hydrolysis) is 1. The number of ether oxygens (including phenoxy) is 11. The standard InChI is InChI=1S/C64H95ClN8O19/c1-42-14-13-17-53(83-10)64(81)39-52(90-62(80)69-64)43(2)59-63(4,92-59)54(38-57(77)72(8)50-35-45(34-42)36-51(82-9)58(50)65)91-61(79)44(3)71(7)56(76)19-22-84-24-26-86-28-30-88-32-33-89-31-29-87-27-25-85-23-20-67-60(78)48(41-74)68-55(75)18-21-73-47(40-70(6)66-5)37-46-15-11-12-16-49(46)73/h11-17,35-37,43-44,48,52-54,59,66,74,81H,18-34,38-41H2,1-10H3,(H,67,78)(H,68,75)(H,69,80). The van der Waals surface area contributed by atoms with Crippen LogP contribution in [0.3, 0.4) is 0 Å². The number of carbonyl (C=O) groups is 6. The van der Waals surface area contributed by atoms with Crippen LogP contribution in [0.15, 0.2) is 66.3 Å². The minimum Gasteiger partial charge on any atom is -0.495 e. The Morgan fingerprint density at radius 3 is 2.15 bits per heavy atom. The molecule has 0 radical (unpaired) electrons. The Hall–Kier alpha value is -6.31. The summed E-state index contributed by atoms with van der Waals surface area (Å²) in [5, 5.41) is 32.7. The van der Waals surface area contributed by atoms with E-state index in [0.29, 0.717) is 83.8 Å². The van der Waals surface area contributed by atoms with Crippen molar-refractivity contribution in [2.24, 2.45) is 5.92 Å². The maximum Gasteiger partial charge on any atom is 0.409 e. The molecule has 6 N–H and O–H groups in total. The lowest BCUT2D eigenvalue weighted by molar-refractivity contribution is -0.162. The molecule has 3 aliphatic rings. The van der Waals surface area contributed by atoms with Crippen molar-refractivity contribution in [1.29, 1.82) is 0 Å². The Bertz CT molecular complexity index is 2970. The van der Waals surface area contributed by atoms with Gasteiger partial charge in [-0.3, -0.25) is 29.9 Å². The second kappa shape index (κ2) is 37.0. The summed E-state index contributed by atoms with van der Waals surface area (Å²) in [6.07, 6.45) is 0.596. The highest BCUT2D eigenvalue weighted by Crippen LogP contribution is 2.49. The van der Waals surface area contributed by atoms with Crippen LogP contribution in [-0.2, 0) is 90.9 Å². The molecule has 0 saturated carbocycles. The van der Waals surface area contributed by atoms with Gasteiger partial charge in [0, 0.05) is 71.3 Å². The number of methoxy groups -OCH3 is 2. The fourth-order valence-corrected chi connectivity index (χ4v) is 11.1. The van der Waals surface area contributed by atoms with Crippen molar-refractivity contribution in [1.82, 2.24) is 35.9 Å². The molecule has 92 heavy (non-hydrogen) atoms. The number of aliphatic hydroxyl groups excluding tert-OH is 1. The molecule has 512 valence electrons. The quantitative estimate of drug-likeness (QED) is 0.0213. The van der Waals surface area contributed by atoms with Crippen LogP contribution in [0.1, 0.15) is 64.6 Å². The zero-order valence-electron chi connectivity index (χ0n) is 54.7. The van der Waals surface area contributed by atoms with Gasteiger partial charge in [0.1, 0.15) is 46.8 Å². The second-order valence-electron chi connectivity index (χ2n) is 23.1. The third-order valence-electron chi connectivity index (χ3n) is 16.5. The fourth-order valence-electron chi connectivity index (χ4n) is 10.8. The average molecular weight is 1320 g/mol. The lowest BCUT2D eigenvalue weighted by Gasteiger charge is -2.42. The second-order valence-corrected chi connectivity index (χ2v) is 23.5. The number of rotatable bonds is 35. The Labute approximate surface area is 543 Å². The number of esters is 1. The van der Waals surface area contributed by atoms with E-state index in [1.807, 2.05) is 56.4 Å². The van der Waals surface area contributed by atoms with Crippen molar-refractivity contribution in [3.8, 4) is 5.75 Å². The fraction of sp³-hybridized carbons (Fsp3) is 0.625. The summed E-state index contributed by atoms with van der Waals surface area (Å²) in [4.78, 5) is 82.9. The number of fused-ring (bicyclic) bond motifs is 6. The van der Waals surface area contributed by atoms with Crippen LogP contribution in [0.2, 0.25) is 5.02 Å². The first-order chi connectivity index (χ1) is 44.1. The summed E-state index contributed by atoms with van der Waals surface area (Å²) in [7, 11) is 9.69. The predicted octanol–water partition coefficient (Wildman–Crippen LogP) is 3.21. The van der Waals surface area contributed by atoms with Gasteiger partial charge in [-0.15, -0.1) is 0 Å². The Morgan fingerprint density at radius 1 is 0.902 bits per heavy atom. The minimum atomic E-state index is -1.87. The van der Waals surface area contributed by atoms with Gasteiger partial charge in [0.25, 0.3) is 0 Å². The molecule has 27 nitrogen and oxygen atoms in total. The van der Waals surface area contributed by atoms with Crippen LogP contribution < -0.4 is 31.0 Å². The number of allylic oxidation sites excluding steroid dienone is 3. The van der Waals surface area contributed by atoms with E-state index in [2.05, 4.69) is 32.0 Å². The topological polar surface area (TPSA) is 310 Å². The van der Waals surface area contributed by atoms with E-state index in [0.717, 1.165) is 27.7 Å². The van der Waals surface area contributed by atoms with E-state index in [-0.39, 0.29) is 69.6 Å². The van der Waals surface area contributed by atoms with E-state index in [1.165, 1.54) is 38.0 Å². The molecule has 0 aliphatic carbocycles. The number of aliphatic hydroxyl groups is 2. The summed E-state index contributed by atoms with van der Waals surface area (Å²) >= 11 is 6.82. The molecule has 9 unspecified atom stereocenters. The van der Waals surface area contributed by atoms with Gasteiger partial charge in [-0.2, -0.15) is 0 Å². The Kier molecular flexibility index (Phi) is 30.0. The number of aromatic nitrogens is 1. The zero-order valence-corrected chi connectivity index (χ0v) is 55.4. The first-order valence-electron chi connectivity index (χ1n) is 31.0. The molecule has 2 saturated heterocycles. The maximum absolute atomic E-state index is 14.4. The van der Waals surface area contributed by atoms with Gasteiger partial charge in [0.15, 0.2) is 5.72 Å². The molecule has 4 bridgehead atoms. The number of likely N-dealkylation sites (N-methyl/N-ethyl adjacent to an activating group) is 1. The third kappa shape index (κ3) is 21.6. The molecule has 28 heteroatoms. The van der Waals surface area contributed by atoms with Gasteiger partial charge in [-0.1, -0.05) is 60.5 Å². The smallest absolute Gasteiger partial charge is 0.409 e. The normalized spacial score (nSPS) is 22.4. The molecular weight excluding hydrogens is 1220 g/mol. The molecule has 1 aromatic heterocycles. The number of epoxide rings is 1. The Balaban J connectivity index is 0.821. The molecule has 4 heterocycles. The van der Waals surface area contributed by atoms with E-state index < -0.39 is 90.1 Å². The number of hydrogen-bond donors (Lipinski definition) is 6. The summed E-state index contributed by atoms with van der Waals surface area (Å²) in [6.45, 7) is 10.9. The molecule has 0 spiro atoms. The molecule has 2 fully saturated rings. The van der Waals surface area contributed by atoms with Crippen molar-refractivity contribution in [2.45, 2.75) is 121 Å². The van der Waals surface area contributed by atoms with E-state index in [1.54, 1.807) is 45.2 Å². The first-order valence-corrected chi connectivity index (χ1v) is 31.4. The Morgan fingerprint density at radius 2 is 1.53 bits per heavy atom. The largest absolute Gasteiger partial charge is 0.495 e. The lowest BCUT2D eigenvalue weighted by atomic mass is 9.83. The number of hydrogen-bond acceptors (Lipinski definition) is 21. The predicted molar refractivity (Wildman–Crippen MR) is 340 cm³/mol. The third-order valence-corrected chi connectivity index (χ3v) is 16.8. The molecule has 2 aromatic carbocycles. The van der Waals surface area contributed by atoms with Crippen LogP contribution in [-0.4, -0.2) is 243 Å². The van der Waals surface area contributed by atoms with Gasteiger partial charge >= 0.3 is 12.1 Å².